The molecule has 4 aromatic rings. The molecule has 46 heavy (non-hydrogen) atoms. The van der Waals surface area contributed by atoms with Crippen LogP contribution in [0.25, 0.3) is 0 Å². The van der Waals surface area contributed by atoms with E-state index in [9.17, 15) is 23.1 Å². The number of amides is 2. The Hall–Kier alpha value is -5.07. The Labute approximate surface area is 268 Å². The van der Waals surface area contributed by atoms with Crippen LogP contribution in [0, 0.1) is 5.41 Å². The smallest absolute Gasteiger partial charge is 0.242 e. The van der Waals surface area contributed by atoms with Gasteiger partial charge in [0.2, 0.25) is 21.8 Å². The van der Waals surface area contributed by atoms with Crippen molar-refractivity contribution in [1.29, 1.82) is 5.41 Å². The average molecular weight is 643 g/mol. The second kappa shape index (κ2) is 16.3. The third-order valence-corrected chi connectivity index (χ3v) is 8.69. The Balaban J connectivity index is 1.51. The van der Waals surface area contributed by atoms with E-state index in [0.717, 1.165) is 16.7 Å². The van der Waals surface area contributed by atoms with Gasteiger partial charge >= 0.3 is 0 Å². The lowest BCUT2D eigenvalue weighted by atomic mass is 10.0. The number of hydrogen-bond donors (Lipinski definition) is 6. The van der Waals surface area contributed by atoms with E-state index in [4.69, 9.17) is 11.1 Å². The van der Waals surface area contributed by atoms with Gasteiger partial charge in [0.25, 0.3) is 0 Å². The summed E-state index contributed by atoms with van der Waals surface area (Å²) in [6, 6.07) is 23.5. The van der Waals surface area contributed by atoms with E-state index in [2.05, 4.69) is 20.3 Å². The van der Waals surface area contributed by atoms with E-state index in [-0.39, 0.29) is 36.7 Å². The van der Waals surface area contributed by atoms with Gasteiger partial charge in [0.05, 0.1) is 5.75 Å². The van der Waals surface area contributed by atoms with Crippen molar-refractivity contribution in [1.82, 2.24) is 20.3 Å². The van der Waals surface area contributed by atoms with Gasteiger partial charge in [0, 0.05) is 24.5 Å². The summed E-state index contributed by atoms with van der Waals surface area (Å²) in [5, 5.41) is 22.9. The summed E-state index contributed by atoms with van der Waals surface area (Å²) in [5.41, 5.74) is 9.17. The number of pyridine rings is 1. The summed E-state index contributed by atoms with van der Waals surface area (Å²) >= 11 is 0. The van der Waals surface area contributed by atoms with Crippen LogP contribution in [-0.2, 0) is 44.8 Å². The summed E-state index contributed by atoms with van der Waals surface area (Å²) in [5.74, 6) is -1.34. The second-order valence-corrected chi connectivity index (χ2v) is 12.7. The highest BCUT2D eigenvalue weighted by atomic mass is 32.2. The Morgan fingerprint density at radius 2 is 1.35 bits per heavy atom. The monoisotopic (exact) mass is 642 g/mol. The fraction of sp³-hybridized carbons (Fsp3) is 0.235. The molecule has 0 bridgehead atoms. The summed E-state index contributed by atoms with van der Waals surface area (Å²) in [6.07, 6.45) is 4.48. The van der Waals surface area contributed by atoms with Gasteiger partial charge in [-0.05, 0) is 72.2 Å². The molecule has 0 aliphatic heterocycles. The molecule has 2 unspecified atom stereocenters. The number of nitrogen functional groups attached to an aromatic ring is 1. The zero-order valence-electron chi connectivity index (χ0n) is 25.2. The van der Waals surface area contributed by atoms with Crippen molar-refractivity contribution in [3.63, 3.8) is 0 Å². The molecule has 0 aliphatic rings. The minimum atomic E-state index is -3.94. The summed E-state index contributed by atoms with van der Waals surface area (Å²) in [6.45, 7) is 0.173. The molecule has 4 rings (SSSR count). The number of benzene rings is 3. The number of phenols is 1. The number of hydrogen-bond acceptors (Lipinski definition) is 7. The van der Waals surface area contributed by atoms with Crippen LogP contribution in [0.15, 0.2) is 103 Å². The molecular weight excluding hydrogens is 604 g/mol. The van der Waals surface area contributed by atoms with E-state index in [0.29, 0.717) is 24.0 Å². The number of aromatic nitrogens is 1. The van der Waals surface area contributed by atoms with E-state index in [1.807, 2.05) is 12.1 Å². The van der Waals surface area contributed by atoms with Crippen LogP contribution >= 0.6 is 0 Å². The van der Waals surface area contributed by atoms with Crippen LogP contribution in [-0.4, -0.2) is 48.2 Å². The van der Waals surface area contributed by atoms with Crippen molar-refractivity contribution in [2.45, 2.75) is 50.1 Å². The van der Waals surface area contributed by atoms with Crippen LogP contribution in [0.2, 0.25) is 0 Å². The SMILES string of the molecule is N=C(N)c1ccc(CNC(=O)C(CCc2ccncc2)NC(=O)C(CCc2ccc(O)cc2)NS(=O)(=O)Cc2ccccc2)cc1. The highest BCUT2D eigenvalue weighted by Gasteiger charge is 2.29. The highest BCUT2D eigenvalue weighted by molar-refractivity contribution is 7.88. The number of nitrogens with zero attached hydrogens (tertiary/aromatic N) is 1. The first kappa shape index (κ1) is 33.8. The molecule has 3 aromatic carbocycles. The zero-order chi connectivity index (χ0) is 32.9. The molecule has 0 fully saturated rings. The molecule has 0 aliphatic carbocycles. The van der Waals surface area contributed by atoms with E-state index < -0.39 is 33.9 Å². The minimum Gasteiger partial charge on any atom is -0.508 e. The molecular formula is C34H38N6O5S. The van der Waals surface area contributed by atoms with Gasteiger partial charge in [-0.3, -0.25) is 20.0 Å². The van der Waals surface area contributed by atoms with Crippen molar-refractivity contribution in [2.24, 2.45) is 5.73 Å². The average Bonchev–Trinajstić information content (AvgIpc) is 3.05. The van der Waals surface area contributed by atoms with Crippen molar-refractivity contribution in [2.75, 3.05) is 0 Å². The maximum Gasteiger partial charge on any atom is 0.242 e. The molecule has 12 heteroatoms. The summed E-state index contributed by atoms with van der Waals surface area (Å²) in [7, 11) is -3.94. The third-order valence-electron chi connectivity index (χ3n) is 7.33. The van der Waals surface area contributed by atoms with Gasteiger partial charge in [-0.2, -0.15) is 0 Å². The predicted octanol–water partition coefficient (Wildman–Crippen LogP) is 2.93. The number of amidine groups is 1. The molecule has 7 N–H and O–H groups in total. The Morgan fingerprint density at radius 1 is 0.761 bits per heavy atom. The first-order valence-corrected chi connectivity index (χ1v) is 16.5. The number of carbonyl (C=O) groups is 2. The lowest BCUT2D eigenvalue weighted by Gasteiger charge is -2.23. The van der Waals surface area contributed by atoms with Gasteiger partial charge < -0.3 is 21.5 Å². The van der Waals surface area contributed by atoms with Crippen molar-refractivity contribution < 1.29 is 23.1 Å². The molecule has 11 nitrogen and oxygen atoms in total. The quantitative estimate of drug-likeness (QED) is 0.0801. The second-order valence-electron chi connectivity index (χ2n) is 10.9. The number of aromatic hydroxyl groups is 1. The zero-order valence-corrected chi connectivity index (χ0v) is 26.0. The predicted molar refractivity (Wildman–Crippen MR) is 176 cm³/mol. The normalized spacial score (nSPS) is 12.5. The Kier molecular flexibility index (Phi) is 12.0. The Morgan fingerprint density at radius 3 is 1.98 bits per heavy atom. The maximum absolute atomic E-state index is 13.8. The van der Waals surface area contributed by atoms with Crippen LogP contribution in [0.4, 0.5) is 0 Å². The first-order valence-electron chi connectivity index (χ1n) is 14.8. The van der Waals surface area contributed by atoms with Crippen LogP contribution in [0.1, 0.15) is 40.7 Å². The topological polar surface area (TPSA) is 187 Å². The maximum atomic E-state index is 13.8. The number of aryl methyl sites for hydroxylation is 2. The van der Waals surface area contributed by atoms with Crippen LogP contribution in [0.3, 0.4) is 0 Å². The molecule has 0 spiro atoms. The molecule has 2 atom stereocenters. The third kappa shape index (κ3) is 10.8. The number of phenolic OH excluding ortho intramolecular Hbond substituents is 1. The van der Waals surface area contributed by atoms with E-state index in [1.54, 1.807) is 79.1 Å². The standard InChI is InChI=1S/C34H38N6O5S/c35-32(36)28-12-6-26(7-13-28)22-38-33(42)30(16-10-25-18-20-37-21-19-25)39-34(43)31(17-11-24-8-14-29(41)15-9-24)40-46(44,45)23-27-4-2-1-3-5-27/h1-9,12-15,18-21,30-31,40-41H,10-11,16-17,22-23H2,(H3,35,36)(H,38,42)(H,39,43). The lowest BCUT2D eigenvalue weighted by molar-refractivity contribution is -0.130. The van der Waals surface area contributed by atoms with Gasteiger partial charge in [-0.15, -0.1) is 0 Å². The lowest BCUT2D eigenvalue weighted by Crippen LogP contribution is -2.54. The van der Waals surface area contributed by atoms with Crippen LogP contribution < -0.4 is 21.1 Å². The molecule has 1 aromatic heterocycles. The highest BCUT2D eigenvalue weighted by Crippen LogP contribution is 2.14. The fourth-order valence-electron chi connectivity index (χ4n) is 4.79. The van der Waals surface area contributed by atoms with Gasteiger partial charge in [-0.1, -0.05) is 66.7 Å². The van der Waals surface area contributed by atoms with Crippen molar-refractivity contribution in [3.05, 3.63) is 131 Å². The number of nitrogens with one attached hydrogen (secondary N) is 4. The molecule has 240 valence electrons. The van der Waals surface area contributed by atoms with Crippen LogP contribution in [0.5, 0.6) is 5.75 Å². The van der Waals surface area contributed by atoms with Gasteiger partial charge in [0.15, 0.2) is 0 Å². The van der Waals surface area contributed by atoms with Crippen molar-refractivity contribution in [3.8, 4) is 5.75 Å². The fourth-order valence-corrected chi connectivity index (χ4v) is 6.16. The Bertz CT molecular complexity index is 1700. The minimum absolute atomic E-state index is 0.0613. The largest absolute Gasteiger partial charge is 0.508 e. The van der Waals surface area contributed by atoms with Crippen molar-refractivity contribution >= 4 is 27.7 Å². The first-order chi connectivity index (χ1) is 22.1. The number of sulfonamides is 1. The molecule has 0 saturated carbocycles. The number of nitrogens with two attached hydrogens (primary N) is 1. The number of rotatable bonds is 16. The summed E-state index contributed by atoms with van der Waals surface area (Å²) < 4.78 is 28.9. The number of carbonyl (C=O) groups excluding carboxylic acids is 2. The molecule has 0 radical (unpaired) electrons. The van der Waals surface area contributed by atoms with Gasteiger partial charge in [-0.25, -0.2) is 13.1 Å². The summed E-state index contributed by atoms with van der Waals surface area (Å²) in [4.78, 5) is 31.2. The van der Waals surface area contributed by atoms with E-state index >= 15 is 0 Å². The molecule has 2 amide bonds. The molecule has 1 heterocycles. The molecule has 0 saturated heterocycles. The van der Waals surface area contributed by atoms with E-state index in [1.165, 1.54) is 12.1 Å². The van der Waals surface area contributed by atoms with Gasteiger partial charge in [0.1, 0.15) is 23.7 Å².